The number of ether oxygens (including phenoxy) is 1. The first-order chi connectivity index (χ1) is 9.22. The number of hydrogen-bond donors (Lipinski definition) is 1. The molecule has 0 radical (unpaired) electrons. The number of aryl methyl sites for hydroxylation is 1. The van der Waals surface area contributed by atoms with Gasteiger partial charge in [-0.05, 0) is 17.7 Å². The molecule has 0 aliphatic carbocycles. The molecule has 0 atom stereocenters. The summed E-state index contributed by atoms with van der Waals surface area (Å²) in [6.45, 7) is 2.06. The number of nitrogens with one attached hydrogen (secondary N) is 1. The maximum atomic E-state index is 6.12. The van der Waals surface area contributed by atoms with Gasteiger partial charge in [0.15, 0.2) is 5.82 Å². The third kappa shape index (κ3) is 2.72. The Morgan fingerprint density at radius 3 is 3.11 bits per heavy atom. The summed E-state index contributed by atoms with van der Waals surface area (Å²) in [5.74, 6) is 1.76. The molecule has 2 heterocycles. The van der Waals surface area contributed by atoms with Gasteiger partial charge >= 0.3 is 0 Å². The lowest BCUT2D eigenvalue weighted by Gasteiger charge is -2.09. The van der Waals surface area contributed by atoms with Gasteiger partial charge in [0, 0.05) is 30.6 Å². The maximum Gasteiger partial charge on any atom is 0.164 e. The Balaban J connectivity index is 1.67. The molecule has 0 fully saturated rings. The first-order valence-electron chi connectivity index (χ1n) is 6.22. The number of nitrogens with zero attached hydrogens (tertiary/aromatic N) is 3. The number of rotatable bonds is 4. The van der Waals surface area contributed by atoms with Crippen LogP contribution in [0.4, 0.5) is 0 Å². The minimum Gasteiger partial charge on any atom is -0.493 e. The quantitative estimate of drug-likeness (QED) is 0.925. The van der Waals surface area contributed by atoms with Gasteiger partial charge in [0.05, 0.1) is 13.2 Å². The number of aromatic nitrogens is 3. The zero-order valence-corrected chi connectivity index (χ0v) is 11.4. The number of fused-ring (bicyclic) bond motifs is 1. The summed E-state index contributed by atoms with van der Waals surface area (Å²) in [4.78, 5) is 4.17. The molecule has 0 spiro atoms. The SMILES string of the molecule is Cn1cnc(CNCc2cc(Cl)cc3c2OCC3)n1. The molecule has 0 saturated carbocycles. The zero-order valence-electron chi connectivity index (χ0n) is 10.7. The first-order valence-corrected chi connectivity index (χ1v) is 6.59. The molecule has 1 aromatic carbocycles. The Morgan fingerprint density at radius 1 is 1.42 bits per heavy atom. The second-order valence-electron chi connectivity index (χ2n) is 4.59. The third-order valence-corrected chi connectivity index (χ3v) is 3.29. The Morgan fingerprint density at radius 2 is 2.32 bits per heavy atom. The van der Waals surface area contributed by atoms with E-state index < -0.39 is 0 Å². The van der Waals surface area contributed by atoms with Crippen molar-refractivity contribution in [1.29, 1.82) is 0 Å². The van der Waals surface area contributed by atoms with E-state index in [1.165, 1.54) is 5.56 Å². The smallest absolute Gasteiger partial charge is 0.164 e. The van der Waals surface area contributed by atoms with Crippen molar-refractivity contribution in [2.24, 2.45) is 7.05 Å². The van der Waals surface area contributed by atoms with Crippen LogP contribution in [0.25, 0.3) is 0 Å². The minimum atomic E-state index is 0.627. The van der Waals surface area contributed by atoms with Crippen LogP contribution in [0, 0.1) is 0 Å². The number of benzene rings is 1. The van der Waals surface area contributed by atoms with Crippen LogP contribution in [0.3, 0.4) is 0 Å². The van der Waals surface area contributed by atoms with Crippen molar-refractivity contribution in [3.05, 3.63) is 40.4 Å². The third-order valence-electron chi connectivity index (χ3n) is 3.07. The van der Waals surface area contributed by atoms with E-state index in [-0.39, 0.29) is 0 Å². The van der Waals surface area contributed by atoms with Crippen LogP contribution >= 0.6 is 11.6 Å². The van der Waals surface area contributed by atoms with Crippen molar-refractivity contribution < 1.29 is 4.74 Å². The summed E-state index contributed by atoms with van der Waals surface area (Å²) in [6.07, 6.45) is 2.63. The molecule has 0 unspecified atom stereocenters. The Hall–Kier alpha value is -1.59. The van der Waals surface area contributed by atoms with E-state index in [1.807, 2.05) is 19.2 Å². The van der Waals surface area contributed by atoms with Crippen molar-refractivity contribution in [2.75, 3.05) is 6.61 Å². The lowest BCUT2D eigenvalue weighted by Crippen LogP contribution is -2.14. The largest absolute Gasteiger partial charge is 0.493 e. The van der Waals surface area contributed by atoms with E-state index in [4.69, 9.17) is 16.3 Å². The summed E-state index contributed by atoms with van der Waals surface area (Å²) in [5, 5.41) is 8.29. The second kappa shape index (κ2) is 5.19. The van der Waals surface area contributed by atoms with Gasteiger partial charge in [-0.2, -0.15) is 5.10 Å². The highest BCUT2D eigenvalue weighted by molar-refractivity contribution is 6.30. The van der Waals surface area contributed by atoms with Gasteiger partial charge in [0.25, 0.3) is 0 Å². The van der Waals surface area contributed by atoms with Gasteiger partial charge in [-0.15, -0.1) is 0 Å². The van der Waals surface area contributed by atoms with E-state index >= 15 is 0 Å². The van der Waals surface area contributed by atoms with Crippen molar-refractivity contribution in [3.8, 4) is 5.75 Å². The highest BCUT2D eigenvalue weighted by Crippen LogP contribution is 2.32. The molecule has 2 aromatic rings. The van der Waals surface area contributed by atoms with Gasteiger partial charge in [-0.1, -0.05) is 11.6 Å². The predicted molar refractivity (Wildman–Crippen MR) is 72.2 cm³/mol. The molecule has 5 nitrogen and oxygen atoms in total. The maximum absolute atomic E-state index is 6.12. The highest BCUT2D eigenvalue weighted by atomic mass is 35.5. The number of halogens is 1. The molecule has 0 bridgehead atoms. The van der Waals surface area contributed by atoms with Crippen molar-refractivity contribution in [2.45, 2.75) is 19.5 Å². The van der Waals surface area contributed by atoms with Crippen LogP contribution in [-0.4, -0.2) is 21.4 Å². The molecule has 0 amide bonds. The van der Waals surface area contributed by atoms with Crippen LogP contribution in [0.15, 0.2) is 18.5 Å². The van der Waals surface area contributed by atoms with Gasteiger partial charge < -0.3 is 10.1 Å². The lowest BCUT2D eigenvalue weighted by molar-refractivity contribution is 0.352. The zero-order chi connectivity index (χ0) is 13.2. The van der Waals surface area contributed by atoms with Crippen molar-refractivity contribution in [3.63, 3.8) is 0 Å². The molecular formula is C13H15ClN4O. The molecule has 100 valence electrons. The molecule has 0 saturated heterocycles. The molecule has 1 aromatic heterocycles. The molecule has 3 rings (SSSR count). The van der Waals surface area contributed by atoms with Crippen molar-refractivity contribution >= 4 is 11.6 Å². The van der Waals surface area contributed by atoms with Crippen LogP contribution in [0.5, 0.6) is 5.75 Å². The summed E-state index contributed by atoms with van der Waals surface area (Å²) < 4.78 is 7.35. The number of hydrogen-bond acceptors (Lipinski definition) is 4. The van der Waals surface area contributed by atoms with Crippen molar-refractivity contribution in [1.82, 2.24) is 20.1 Å². The normalized spacial score (nSPS) is 13.4. The average Bonchev–Trinajstić information content (AvgIpc) is 2.98. The van der Waals surface area contributed by atoms with E-state index in [2.05, 4.69) is 15.4 Å². The Bertz CT molecular complexity index is 596. The van der Waals surface area contributed by atoms with E-state index in [0.717, 1.165) is 35.2 Å². The Kier molecular flexibility index (Phi) is 3.40. The van der Waals surface area contributed by atoms with Gasteiger partial charge in [-0.25, -0.2) is 4.98 Å². The second-order valence-corrected chi connectivity index (χ2v) is 5.03. The van der Waals surface area contributed by atoms with E-state index in [0.29, 0.717) is 13.1 Å². The van der Waals surface area contributed by atoms with Crippen LogP contribution in [0.1, 0.15) is 17.0 Å². The highest BCUT2D eigenvalue weighted by Gasteiger charge is 2.17. The monoisotopic (exact) mass is 278 g/mol. The lowest BCUT2D eigenvalue weighted by atomic mass is 10.1. The fourth-order valence-electron chi connectivity index (χ4n) is 2.25. The van der Waals surface area contributed by atoms with E-state index in [1.54, 1.807) is 11.0 Å². The minimum absolute atomic E-state index is 0.627. The van der Waals surface area contributed by atoms with Gasteiger partial charge in [-0.3, -0.25) is 4.68 Å². The fraction of sp³-hybridized carbons (Fsp3) is 0.385. The van der Waals surface area contributed by atoms with Gasteiger partial charge in [0.1, 0.15) is 12.1 Å². The summed E-state index contributed by atoms with van der Waals surface area (Å²) in [6, 6.07) is 3.93. The van der Waals surface area contributed by atoms with E-state index in [9.17, 15) is 0 Å². The molecule has 19 heavy (non-hydrogen) atoms. The topological polar surface area (TPSA) is 52.0 Å². The Labute approximate surface area is 116 Å². The molecule has 1 N–H and O–H groups in total. The summed E-state index contributed by atoms with van der Waals surface area (Å²) in [7, 11) is 1.86. The fourth-order valence-corrected chi connectivity index (χ4v) is 2.51. The first kappa shape index (κ1) is 12.4. The summed E-state index contributed by atoms with van der Waals surface area (Å²) in [5.41, 5.74) is 2.29. The van der Waals surface area contributed by atoms with Gasteiger partial charge in [0.2, 0.25) is 0 Å². The summed E-state index contributed by atoms with van der Waals surface area (Å²) >= 11 is 6.12. The predicted octanol–water partition coefficient (Wildman–Crippen LogP) is 1.69. The molecular weight excluding hydrogens is 264 g/mol. The molecule has 1 aliphatic rings. The van der Waals surface area contributed by atoms with Crippen LogP contribution in [-0.2, 0) is 26.6 Å². The molecule has 6 heteroatoms. The van der Waals surface area contributed by atoms with Crippen LogP contribution in [0.2, 0.25) is 5.02 Å². The standard InChI is InChI=1S/C13H15ClN4O/c1-18-8-16-12(17-18)7-15-6-10-5-11(14)4-9-2-3-19-13(9)10/h4-5,8,15H,2-3,6-7H2,1H3. The molecule has 1 aliphatic heterocycles. The average molecular weight is 279 g/mol. The van der Waals surface area contributed by atoms with Crippen LogP contribution < -0.4 is 10.1 Å².